The fraction of sp³-hybridized carbons (Fsp3) is 0.571. The van der Waals surface area contributed by atoms with Gasteiger partial charge in [0.15, 0.2) is 0 Å². The van der Waals surface area contributed by atoms with E-state index in [0.29, 0.717) is 0 Å². The summed E-state index contributed by atoms with van der Waals surface area (Å²) in [6.45, 7) is 5.32. The molecule has 1 atom stereocenters. The Balaban J connectivity index is 2.53. The van der Waals surface area contributed by atoms with E-state index in [9.17, 15) is 0 Å². The highest BCUT2D eigenvalue weighted by Gasteiger charge is 2.19. The third-order valence-corrected chi connectivity index (χ3v) is 3.32. The Hall–Kier alpha value is -1.06. The van der Waals surface area contributed by atoms with Gasteiger partial charge in [0, 0.05) is 18.7 Å². The lowest BCUT2D eigenvalue weighted by atomic mass is 9.94. The summed E-state index contributed by atoms with van der Waals surface area (Å²) in [5.74, 6) is 0.877. The summed E-state index contributed by atoms with van der Waals surface area (Å²) in [5.41, 5.74) is 1.23. The van der Waals surface area contributed by atoms with Gasteiger partial charge in [0.05, 0.1) is 7.11 Å². The van der Waals surface area contributed by atoms with Crippen LogP contribution in [0.5, 0.6) is 5.75 Å². The van der Waals surface area contributed by atoms with Crippen molar-refractivity contribution in [1.82, 2.24) is 5.32 Å². The van der Waals surface area contributed by atoms with Gasteiger partial charge in [0.25, 0.3) is 0 Å². The lowest BCUT2D eigenvalue weighted by Crippen LogP contribution is -2.42. The topological polar surface area (TPSA) is 41.5 Å². The first-order valence-electron chi connectivity index (χ1n) is 6.12. The van der Waals surface area contributed by atoms with Gasteiger partial charge in [-0.1, -0.05) is 19.1 Å². The maximum absolute atomic E-state index is 9.04. The number of ether oxygens (including phenoxy) is 1. The molecule has 3 heteroatoms. The molecule has 0 aromatic heterocycles. The summed E-state index contributed by atoms with van der Waals surface area (Å²) < 4.78 is 5.12. The number of benzene rings is 1. The van der Waals surface area contributed by atoms with E-state index >= 15 is 0 Å². The van der Waals surface area contributed by atoms with E-state index in [-0.39, 0.29) is 12.1 Å². The van der Waals surface area contributed by atoms with Crippen molar-refractivity contribution in [2.24, 2.45) is 0 Å². The minimum absolute atomic E-state index is 0.00861. The molecule has 1 aromatic carbocycles. The number of rotatable bonds is 7. The maximum Gasteiger partial charge on any atom is 0.118 e. The number of nitrogens with one attached hydrogen (secondary N) is 1. The Bertz CT molecular complexity index is 323. The van der Waals surface area contributed by atoms with Crippen molar-refractivity contribution >= 4 is 0 Å². The van der Waals surface area contributed by atoms with Crippen molar-refractivity contribution < 1.29 is 9.84 Å². The summed E-state index contributed by atoms with van der Waals surface area (Å²) in [6.07, 6.45) is 1.78. The van der Waals surface area contributed by atoms with Gasteiger partial charge in [0.1, 0.15) is 5.75 Å². The highest BCUT2D eigenvalue weighted by molar-refractivity contribution is 5.27. The highest BCUT2D eigenvalue weighted by Crippen LogP contribution is 2.16. The molecule has 0 saturated carbocycles. The van der Waals surface area contributed by atoms with Gasteiger partial charge in [-0.2, -0.15) is 0 Å². The Kier molecular flexibility index (Phi) is 5.45. The van der Waals surface area contributed by atoms with Crippen molar-refractivity contribution in [3.05, 3.63) is 29.8 Å². The van der Waals surface area contributed by atoms with E-state index in [1.165, 1.54) is 5.56 Å². The second kappa shape index (κ2) is 6.62. The largest absolute Gasteiger partial charge is 0.497 e. The molecule has 2 N–H and O–H groups in total. The smallest absolute Gasteiger partial charge is 0.118 e. The van der Waals surface area contributed by atoms with Crippen LogP contribution in [-0.4, -0.2) is 24.4 Å². The van der Waals surface area contributed by atoms with E-state index < -0.39 is 0 Å². The van der Waals surface area contributed by atoms with Crippen molar-refractivity contribution in [2.75, 3.05) is 13.7 Å². The first-order valence-corrected chi connectivity index (χ1v) is 6.12. The summed E-state index contributed by atoms with van der Waals surface area (Å²) in [4.78, 5) is 0. The minimum atomic E-state index is 0.00861. The number of aliphatic hydroxyl groups excluding tert-OH is 1. The number of hydrogen-bond acceptors (Lipinski definition) is 3. The van der Waals surface area contributed by atoms with E-state index in [1.54, 1.807) is 7.11 Å². The zero-order valence-electron chi connectivity index (χ0n) is 11.0. The number of aliphatic hydroxyl groups is 1. The van der Waals surface area contributed by atoms with Crippen LogP contribution in [0.15, 0.2) is 24.3 Å². The molecule has 0 heterocycles. The van der Waals surface area contributed by atoms with Gasteiger partial charge in [-0.3, -0.25) is 0 Å². The zero-order valence-corrected chi connectivity index (χ0v) is 11.0. The lowest BCUT2D eigenvalue weighted by molar-refractivity contribution is 0.214. The molecular weight excluding hydrogens is 214 g/mol. The van der Waals surface area contributed by atoms with Gasteiger partial charge in [-0.05, 0) is 37.5 Å². The van der Waals surface area contributed by atoms with E-state index in [1.807, 2.05) is 12.1 Å². The summed E-state index contributed by atoms with van der Waals surface area (Å²) >= 11 is 0. The first kappa shape index (κ1) is 14.0. The SMILES string of the molecule is CCC(C)(CCO)NCc1ccc(OC)cc1. The fourth-order valence-electron chi connectivity index (χ4n) is 1.70. The molecule has 0 spiro atoms. The molecule has 0 fully saturated rings. The second-order valence-corrected chi connectivity index (χ2v) is 4.59. The quantitative estimate of drug-likeness (QED) is 0.765. The van der Waals surface area contributed by atoms with Crippen LogP contribution in [-0.2, 0) is 6.54 Å². The molecule has 96 valence electrons. The first-order chi connectivity index (χ1) is 8.13. The molecule has 0 aliphatic carbocycles. The maximum atomic E-state index is 9.04. The average Bonchev–Trinajstić information content (AvgIpc) is 2.37. The average molecular weight is 237 g/mol. The summed E-state index contributed by atoms with van der Waals surface area (Å²) in [7, 11) is 1.67. The van der Waals surface area contributed by atoms with Crippen molar-refractivity contribution in [2.45, 2.75) is 38.8 Å². The normalized spacial score (nSPS) is 14.4. The molecule has 0 radical (unpaired) electrons. The molecule has 17 heavy (non-hydrogen) atoms. The molecule has 0 amide bonds. The van der Waals surface area contributed by atoms with Crippen LogP contribution < -0.4 is 10.1 Å². The third kappa shape index (κ3) is 4.36. The van der Waals surface area contributed by atoms with Crippen molar-refractivity contribution in [3.63, 3.8) is 0 Å². The Morgan fingerprint density at radius 3 is 2.41 bits per heavy atom. The van der Waals surface area contributed by atoms with Crippen LogP contribution in [0.2, 0.25) is 0 Å². The van der Waals surface area contributed by atoms with Gasteiger partial charge in [0.2, 0.25) is 0 Å². The Morgan fingerprint density at radius 2 is 1.94 bits per heavy atom. The second-order valence-electron chi connectivity index (χ2n) is 4.59. The number of hydrogen-bond donors (Lipinski definition) is 2. The third-order valence-electron chi connectivity index (χ3n) is 3.32. The van der Waals surface area contributed by atoms with Crippen molar-refractivity contribution in [1.29, 1.82) is 0 Å². The van der Waals surface area contributed by atoms with Gasteiger partial charge < -0.3 is 15.2 Å². The van der Waals surface area contributed by atoms with Crippen molar-refractivity contribution in [3.8, 4) is 5.75 Å². The molecule has 0 aliphatic rings. The predicted molar refractivity (Wildman–Crippen MR) is 70.2 cm³/mol. The molecule has 1 aromatic rings. The summed E-state index contributed by atoms with van der Waals surface area (Å²) in [6, 6.07) is 8.04. The lowest BCUT2D eigenvalue weighted by Gasteiger charge is -2.29. The fourth-order valence-corrected chi connectivity index (χ4v) is 1.70. The molecule has 0 saturated heterocycles. The van der Waals surface area contributed by atoms with E-state index in [2.05, 4.69) is 31.3 Å². The van der Waals surface area contributed by atoms with Crippen LogP contribution in [0, 0.1) is 0 Å². The predicted octanol–water partition coefficient (Wildman–Crippen LogP) is 2.34. The van der Waals surface area contributed by atoms with Crippen LogP contribution in [0.1, 0.15) is 32.3 Å². The van der Waals surface area contributed by atoms with Crippen LogP contribution in [0.3, 0.4) is 0 Å². The molecule has 0 bridgehead atoms. The van der Waals surface area contributed by atoms with Gasteiger partial charge in [-0.25, -0.2) is 0 Å². The number of methoxy groups -OCH3 is 1. The van der Waals surface area contributed by atoms with Gasteiger partial charge >= 0.3 is 0 Å². The van der Waals surface area contributed by atoms with E-state index in [4.69, 9.17) is 9.84 Å². The molecule has 3 nitrogen and oxygen atoms in total. The monoisotopic (exact) mass is 237 g/mol. The molecular formula is C14H23NO2. The molecule has 1 unspecified atom stereocenters. The standard InChI is InChI=1S/C14H23NO2/c1-4-14(2,9-10-16)15-11-12-5-7-13(17-3)8-6-12/h5-8,15-16H,4,9-11H2,1-3H3. The zero-order chi connectivity index (χ0) is 12.7. The Labute approximate surface area is 104 Å². The molecule has 0 aliphatic heterocycles. The summed E-state index contributed by atoms with van der Waals surface area (Å²) in [5, 5.41) is 12.5. The van der Waals surface area contributed by atoms with Gasteiger partial charge in [-0.15, -0.1) is 0 Å². The van der Waals surface area contributed by atoms with Crippen LogP contribution in [0.25, 0.3) is 0 Å². The Morgan fingerprint density at radius 1 is 1.29 bits per heavy atom. The van der Waals surface area contributed by atoms with Crippen LogP contribution >= 0.6 is 0 Å². The molecule has 1 rings (SSSR count). The van der Waals surface area contributed by atoms with E-state index in [0.717, 1.165) is 25.1 Å². The highest BCUT2D eigenvalue weighted by atomic mass is 16.5. The van der Waals surface area contributed by atoms with Crippen LogP contribution in [0.4, 0.5) is 0 Å². The minimum Gasteiger partial charge on any atom is -0.497 e.